The molecule has 25 heavy (non-hydrogen) atoms. The summed E-state index contributed by atoms with van der Waals surface area (Å²) in [5.74, 6) is -0.272. The van der Waals surface area contributed by atoms with E-state index in [1.54, 1.807) is 18.2 Å². The van der Waals surface area contributed by atoms with Gasteiger partial charge >= 0.3 is 0 Å². The molecule has 1 aliphatic carbocycles. The van der Waals surface area contributed by atoms with Crippen molar-refractivity contribution in [3.8, 4) is 0 Å². The van der Waals surface area contributed by atoms with E-state index >= 15 is 0 Å². The summed E-state index contributed by atoms with van der Waals surface area (Å²) in [5.41, 5.74) is 4.50. The number of fused-ring (bicyclic) bond motifs is 2. The zero-order valence-corrected chi connectivity index (χ0v) is 13.5. The molecule has 6 heteroatoms. The van der Waals surface area contributed by atoms with Gasteiger partial charge in [0.1, 0.15) is 11.2 Å². The number of carbonyl (C=O) groups excluding carboxylic acids is 1. The highest BCUT2D eigenvalue weighted by atomic mass is 16.6. The molecule has 0 fully saturated rings. The molecule has 3 aromatic rings. The Morgan fingerprint density at radius 3 is 2.84 bits per heavy atom. The molecule has 0 unspecified atom stereocenters. The zero-order chi connectivity index (χ0) is 17.4. The van der Waals surface area contributed by atoms with Crippen LogP contribution in [-0.2, 0) is 19.4 Å². The van der Waals surface area contributed by atoms with Crippen LogP contribution in [0.15, 0.2) is 42.5 Å². The van der Waals surface area contributed by atoms with Gasteiger partial charge in [-0.25, -0.2) is 0 Å². The number of nitro groups is 1. The number of amides is 1. The number of benzene rings is 2. The van der Waals surface area contributed by atoms with Crippen molar-refractivity contribution in [3.63, 3.8) is 0 Å². The summed E-state index contributed by atoms with van der Waals surface area (Å²) in [6.07, 6.45) is 3.43. The van der Waals surface area contributed by atoms with Gasteiger partial charge in [-0.3, -0.25) is 14.9 Å². The quantitative estimate of drug-likeness (QED) is 0.565. The van der Waals surface area contributed by atoms with Crippen LogP contribution in [0.3, 0.4) is 0 Å². The summed E-state index contributed by atoms with van der Waals surface area (Å²) in [6.45, 7) is 0.434. The number of nitrogens with zero attached hydrogens (tertiary/aromatic N) is 1. The van der Waals surface area contributed by atoms with Gasteiger partial charge in [0.2, 0.25) is 0 Å². The summed E-state index contributed by atoms with van der Waals surface area (Å²) in [4.78, 5) is 25.9. The van der Waals surface area contributed by atoms with Crippen molar-refractivity contribution in [2.75, 3.05) is 0 Å². The lowest BCUT2D eigenvalue weighted by molar-refractivity contribution is -0.383. The van der Waals surface area contributed by atoms with Crippen LogP contribution in [0.25, 0.3) is 10.9 Å². The highest BCUT2D eigenvalue weighted by Gasteiger charge is 2.17. The van der Waals surface area contributed by atoms with E-state index in [2.05, 4.69) is 22.4 Å². The largest absolute Gasteiger partial charge is 0.347 e. The number of nitrogens with one attached hydrogen (secondary N) is 2. The van der Waals surface area contributed by atoms with Gasteiger partial charge in [0, 0.05) is 18.0 Å². The third-order valence-corrected chi connectivity index (χ3v) is 4.69. The molecule has 1 amide bonds. The molecular formula is C19H17N3O3. The van der Waals surface area contributed by atoms with Crippen LogP contribution in [0, 0.1) is 10.1 Å². The lowest BCUT2D eigenvalue weighted by Crippen LogP contribution is -2.23. The Morgan fingerprint density at radius 2 is 2.00 bits per heavy atom. The number of hydrogen-bond donors (Lipinski definition) is 2. The first-order valence-electron chi connectivity index (χ1n) is 8.27. The van der Waals surface area contributed by atoms with Crippen molar-refractivity contribution in [1.82, 2.24) is 10.3 Å². The fraction of sp³-hybridized carbons (Fsp3) is 0.211. The number of carbonyl (C=O) groups is 1. The number of H-pyrrole nitrogens is 1. The molecule has 0 saturated carbocycles. The van der Waals surface area contributed by atoms with Gasteiger partial charge in [0.15, 0.2) is 0 Å². The number of aryl methyl sites for hydroxylation is 2. The first-order chi connectivity index (χ1) is 12.1. The highest BCUT2D eigenvalue weighted by molar-refractivity contribution is 6.00. The number of para-hydroxylation sites is 1. The second-order valence-electron chi connectivity index (χ2n) is 6.32. The van der Waals surface area contributed by atoms with Crippen LogP contribution < -0.4 is 5.32 Å². The van der Waals surface area contributed by atoms with Gasteiger partial charge in [-0.1, -0.05) is 30.3 Å². The summed E-state index contributed by atoms with van der Waals surface area (Å²) in [7, 11) is 0. The fourth-order valence-electron chi connectivity index (χ4n) is 3.43. The number of rotatable bonds is 4. The molecule has 0 radical (unpaired) electrons. The van der Waals surface area contributed by atoms with E-state index in [4.69, 9.17) is 0 Å². The van der Waals surface area contributed by atoms with Crippen molar-refractivity contribution < 1.29 is 9.72 Å². The Kier molecular flexibility index (Phi) is 3.72. The summed E-state index contributed by atoms with van der Waals surface area (Å²) in [5, 5.41) is 14.6. The van der Waals surface area contributed by atoms with E-state index < -0.39 is 4.92 Å². The van der Waals surface area contributed by atoms with Gasteiger partial charge in [-0.05, 0) is 42.0 Å². The number of aromatic amines is 1. The Bertz CT molecular complexity index is 991. The summed E-state index contributed by atoms with van der Waals surface area (Å²) >= 11 is 0. The third-order valence-electron chi connectivity index (χ3n) is 4.69. The molecule has 1 heterocycles. The molecule has 2 N–H and O–H groups in total. The Balaban J connectivity index is 1.52. The second-order valence-corrected chi connectivity index (χ2v) is 6.32. The van der Waals surface area contributed by atoms with Crippen molar-refractivity contribution >= 4 is 22.5 Å². The van der Waals surface area contributed by atoms with Crippen LogP contribution in [0.4, 0.5) is 5.69 Å². The summed E-state index contributed by atoms with van der Waals surface area (Å²) in [6, 6.07) is 12.7. The maximum Gasteiger partial charge on any atom is 0.293 e. The van der Waals surface area contributed by atoms with E-state index in [0.29, 0.717) is 23.1 Å². The first-order valence-corrected chi connectivity index (χ1v) is 8.27. The van der Waals surface area contributed by atoms with Crippen LogP contribution in [-0.4, -0.2) is 15.8 Å². The maximum atomic E-state index is 12.4. The fourth-order valence-corrected chi connectivity index (χ4v) is 3.43. The van der Waals surface area contributed by atoms with Gasteiger partial charge in [0.25, 0.3) is 11.6 Å². The molecule has 0 bridgehead atoms. The molecule has 0 spiro atoms. The van der Waals surface area contributed by atoms with E-state index in [1.165, 1.54) is 23.6 Å². The van der Waals surface area contributed by atoms with Crippen molar-refractivity contribution in [1.29, 1.82) is 0 Å². The van der Waals surface area contributed by atoms with Crippen molar-refractivity contribution in [2.45, 2.75) is 25.8 Å². The predicted molar refractivity (Wildman–Crippen MR) is 94.6 cm³/mol. The minimum atomic E-state index is -0.453. The van der Waals surface area contributed by atoms with Gasteiger partial charge in [-0.2, -0.15) is 0 Å². The average molecular weight is 335 g/mol. The zero-order valence-electron chi connectivity index (χ0n) is 13.5. The third kappa shape index (κ3) is 2.87. The molecule has 0 atom stereocenters. The van der Waals surface area contributed by atoms with E-state index in [1.807, 2.05) is 6.07 Å². The maximum absolute atomic E-state index is 12.4. The number of nitro benzene ring substituents is 1. The lowest BCUT2D eigenvalue weighted by atomic mass is 10.1. The topological polar surface area (TPSA) is 88.0 Å². The molecule has 1 aliphatic rings. The van der Waals surface area contributed by atoms with Crippen LogP contribution in [0.5, 0.6) is 0 Å². The number of hydrogen-bond acceptors (Lipinski definition) is 3. The normalized spacial score (nSPS) is 13.0. The van der Waals surface area contributed by atoms with Crippen molar-refractivity contribution in [2.24, 2.45) is 0 Å². The van der Waals surface area contributed by atoms with E-state index in [9.17, 15) is 14.9 Å². The summed E-state index contributed by atoms with van der Waals surface area (Å²) < 4.78 is 0. The van der Waals surface area contributed by atoms with Crippen molar-refractivity contribution in [3.05, 3.63) is 75.0 Å². The Hall–Kier alpha value is -3.15. The Morgan fingerprint density at radius 1 is 1.16 bits per heavy atom. The lowest BCUT2D eigenvalue weighted by Gasteiger charge is -2.06. The monoisotopic (exact) mass is 335 g/mol. The molecule has 4 rings (SSSR count). The molecule has 0 aliphatic heterocycles. The standard InChI is InChI=1S/C19H17N3O3/c23-19(20-11-12-7-8-13-3-1-4-14(13)9-12)16-10-15-5-2-6-17(22(24)25)18(15)21-16/h2,5-10,21H,1,3-4,11H2,(H,20,23). The van der Waals surface area contributed by atoms with Gasteiger partial charge in [0.05, 0.1) is 4.92 Å². The molecule has 126 valence electrons. The molecule has 2 aromatic carbocycles. The SMILES string of the molecule is O=C(NCc1ccc2c(c1)CCC2)c1cc2cccc([N+](=O)[O-])c2[nH]1. The number of aromatic nitrogens is 1. The second kappa shape index (κ2) is 6.05. The van der Waals surface area contributed by atoms with Crippen LogP contribution in [0.2, 0.25) is 0 Å². The van der Waals surface area contributed by atoms with Crippen LogP contribution >= 0.6 is 0 Å². The predicted octanol–water partition coefficient (Wildman–Crippen LogP) is 3.49. The van der Waals surface area contributed by atoms with Gasteiger partial charge in [-0.15, -0.1) is 0 Å². The van der Waals surface area contributed by atoms with Crippen LogP contribution in [0.1, 0.15) is 33.6 Å². The molecule has 1 aromatic heterocycles. The minimum Gasteiger partial charge on any atom is -0.347 e. The Labute approximate surface area is 144 Å². The molecule has 0 saturated heterocycles. The van der Waals surface area contributed by atoms with E-state index in [-0.39, 0.29) is 11.6 Å². The molecule has 6 nitrogen and oxygen atoms in total. The minimum absolute atomic E-state index is 0.0322. The number of non-ortho nitro benzene ring substituents is 1. The first kappa shape index (κ1) is 15.4. The molecular weight excluding hydrogens is 318 g/mol. The average Bonchev–Trinajstić information content (AvgIpc) is 3.24. The highest BCUT2D eigenvalue weighted by Crippen LogP contribution is 2.25. The van der Waals surface area contributed by atoms with E-state index in [0.717, 1.165) is 18.4 Å². The van der Waals surface area contributed by atoms with Gasteiger partial charge < -0.3 is 10.3 Å². The smallest absolute Gasteiger partial charge is 0.293 e.